The van der Waals surface area contributed by atoms with Crippen LogP contribution in [-0.2, 0) is 38.5 Å². The van der Waals surface area contributed by atoms with E-state index in [2.05, 4.69) is 126 Å². The minimum Gasteiger partial charge on any atom is -1.00 e. The molecule has 0 aromatic heterocycles. The van der Waals surface area contributed by atoms with Gasteiger partial charge in [0.15, 0.2) is 0 Å². The minimum atomic E-state index is -2.35. The summed E-state index contributed by atoms with van der Waals surface area (Å²) < 4.78 is 5.35. The quantitative estimate of drug-likeness (QED) is 0.398. The van der Waals surface area contributed by atoms with Crippen molar-refractivity contribution in [1.29, 1.82) is 0 Å². The summed E-state index contributed by atoms with van der Waals surface area (Å²) in [7, 11) is 0. The van der Waals surface area contributed by atoms with Crippen LogP contribution in [0.25, 0.3) is 11.1 Å². The number of fused-ring (bicyclic) bond motifs is 3. The number of hydrogen-bond acceptors (Lipinski definition) is 0. The van der Waals surface area contributed by atoms with Gasteiger partial charge in [0, 0.05) is 0 Å². The van der Waals surface area contributed by atoms with E-state index in [1.807, 2.05) is 3.28 Å². The predicted molar refractivity (Wildman–Crippen MR) is 167 cm³/mol. The molecule has 218 valence electrons. The van der Waals surface area contributed by atoms with Crippen molar-refractivity contribution in [2.24, 2.45) is 11.3 Å². The standard InChI is InChI=1S/C21H25.C13H21.C3H6.2ClH.Zr/c1-20(2,3)16-9-7-14-11-15-8-10-17(21(4,5)6)13-19(15)18(14)12-16;1-6-10-8-11(7-2)12(9-10)13(3,4)5;1-3-2;;;/h7,9-10,12-13H,11H2,1-6H3;9-10H,6-7H2,1-5H3;1-2H3;2*1H;/q;;;;;+2/p-2. The van der Waals surface area contributed by atoms with Crippen LogP contribution in [0.3, 0.4) is 0 Å². The van der Waals surface area contributed by atoms with Crippen LogP contribution < -0.4 is 28.1 Å². The van der Waals surface area contributed by atoms with E-state index in [0.717, 1.165) is 12.8 Å². The molecular weight excluding hydrogens is 607 g/mol. The van der Waals surface area contributed by atoms with Gasteiger partial charge < -0.3 is 24.8 Å². The first kappa shape index (κ1) is 35.4. The molecule has 3 heteroatoms. The van der Waals surface area contributed by atoms with E-state index >= 15 is 0 Å². The third-order valence-electron chi connectivity index (χ3n) is 8.78. The molecule has 0 saturated heterocycles. The van der Waals surface area contributed by atoms with Crippen LogP contribution in [0.5, 0.6) is 0 Å². The van der Waals surface area contributed by atoms with Crippen LogP contribution in [0.15, 0.2) is 50.8 Å². The van der Waals surface area contributed by atoms with Crippen molar-refractivity contribution in [3.8, 4) is 11.1 Å². The van der Waals surface area contributed by atoms with Crippen molar-refractivity contribution in [3.05, 3.63) is 73.1 Å². The maximum absolute atomic E-state index is 2.68. The molecule has 0 radical (unpaired) electrons. The second kappa shape index (κ2) is 12.5. The number of allylic oxidation sites excluding steroid dienone is 4. The monoisotopic (exact) mass is 656 g/mol. The van der Waals surface area contributed by atoms with Crippen molar-refractivity contribution in [1.82, 2.24) is 0 Å². The van der Waals surface area contributed by atoms with Gasteiger partial charge in [-0.15, -0.1) is 0 Å². The average Bonchev–Trinajstić information content (AvgIpc) is 3.35. The van der Waals surface area contributed by atoms with Gasteiger partial charge in [-0.1, -0.05) is 0 Å². The van der Waals surface area contributed by atoms with Crippen LogP contribution in [-0.4, -0.2) is 3.21 Å². The van der Waals surface area contributed by atoms with E-state index in [-0.39, 0.29) is 41.1 Å². The molecule has 40 heavy (non-hydrogen) atoms. The fourth-order valence-corrected chi connectivity index (χ4v) is 15.1. The van der Waals surface area contributed by atoms with Crippen molar-refractivity contribution in [3.63, 3.8) is 0 Å². The van der Waals surface area contributed by atoms with Gasteiger partial charge in [-0.05, 0) is 0 Å². The summed E-state index contributed by atoms with van der Waals surface area (Å²) in [5, 5.41) is 0. The van der Waals surface area contributed by atoms with E-state index in [1.165, 1.54) is 34.2 Å². The molecule has 2 aliphatic rings. The van der Waals surface area contributed by atoms with E-state index < -0.39 is 21.3 Å². The molecule has 0 spiro atoms. The molecule has 2 aliphatic carbocycles. The van der Waals surface area contributed by atoms with E-state index in [1.54, 1.807) is 23.2 Å². The Morgan fingerprint density at radius 2 is 1.35 bits per heavy atom. The molecule has 0 fully saturated rings. The average molecular weight is 659 g/mol. The minimum absolute atomic E-state index is 0. The van der Waals surface area contributed by atoms with Gasteiger partial charge in [-0.3, -0.25) is 0 Å². The first-order valence-corrected chi connectivity index (χ1v) is 18.6. The Labute approximate surface area is 266 Å². The Balaban J connectivity index is 0.00000280. The fraction of sp³-hybridized carbons (Fsp3) is 0.541. The molecule has 2 aromatic rings. The summed E-state index contributed by atoms with van der Waals surface area (Å²) in [6.07, 6.45) is 6.14. The van der Waals surface area contributed by atoms with Crippen LogP contribution in [0.1, 0.15) is 125 Å². The Morgan fingerprint density at radius 1 is 0.775 bits per heavy atom. The van der Waals surface area contributed by atoms with Crippen molar-refractivity contribution < 1.29 is 46.1 Å². The predicted octanol–water partition coefficient (Wildman–Crippen LogP) is 3.99. The van der Waals surface area contributed by atoms with Crippen LogP contribution in [0, 0.1) is 11.3 Å². The second-order valence-corrected chi connectivity index (χ2v) is 22.0. The van der Waals surface area contributed by atoms with Crippen molar-refractivity contribution in [2.45, 2.75) is 120 Å². The summed E-state index contributed by atoms with van der Waals surface area (Å²) in [4.78, 5) is 0. The van der Waals surface area contributed by atoms with E-state index in [4.69, 9.17) is 0 Å². The third-order valence-corrected chi connectivity index (χ3v) is 16.6. The van der Waals surface area contributed by atoms with Gasteiger partial charge in [0.25, 0.3) is 0 Å². The molecule has 0 saturated carbocycles. The zero-order valence-electron chi connectivity index (χ0n) is 27.4. The normalized spacial score (nSPS) is 16.4. The Bertz CT molecular complexity index is 1360. The molecule has 0 N–H and O–H groups in total. The summed E-state index contributed by atoms with van der Waals surface area (Å²) in [5.74, 6) is 0.605. The zero-order chi connectivity index (χ0) is 28.4. The topological polar surface area (TPSA) is 0 Å². The summed E-state index contributed by atoms with van der Waals surface area (Å²) in [6, 6.07) is 12.6. The first-order valence-electron chi connectivity index (χ1n) is 14.9. The van der Waals surface area contributed by atoms with Gasteiger partial charge >= 0.3 is 243 Å². The maximum atomic E-state index is 2.68. The number of benzene rings is 2. The number of hydrogen-bond donors (Lipinski definition) is 0. The number of rotatable bonds is 4. The number of halogens is 2. The summed E-state index contributed by atoms with van der Waals surface area (Å²) >= 11 is -2.35. The van der Waals surface area contributed by atoms with Crippen LogP contribution in [0.2, 0.25) is 0 Å². The van der Waals surface area contributed by atoms with Gasteiger partial charge in [0.1, 0.15) is 0 Å². The Hall–Kier alpha value is -0.747. The fourth-order valence-electron chi connectivity index (χ4n) is 6.58. The SMILES string of the molecule is CCC1=[C]([Zr+2](=[C](C)C)[c]2cc(C(C)(C)C)cc3c2Cc2ccc(C(C)(C)C)cc2-3)C(CC)C=C1C(C)(C)C.[Cl-].[Cl-]. The third kappa shape index (κ3) is 6.58. The van der Waals surface area contributed by atoms with E-state index in [9.17, 15) is 0 Å². The van der Waals surface area contributed by atoms with Gasteiger partial charge in [0.2, 0.25) is 0 Å². The smallest absolute Gasteiger partial charge is 1.00 e. The summed E-state index contributed by atoms with van der Waals surface area (Å²) in [5.41, 5.74) is 13.0. The molecule has 0 aliphatic heterocycles. The molecule has 1 atom stereocenters. The largest absolute Gasteiger partial charge is 1.00 e. The molecule has 2 aromatic carbocycles. The first-order chi connectivity index (χ1) is 17.5. The van der Waals surface area contributed by atoms with Gasteiger partial charge in [-0.2, -0.15) is 0 Å². The molecule has 0 heterocycles. The molecule has 0 amide bonds. The second-order valence-electron chi connectivity index (χ2n) is 15.1. The molecule has 0 bridgehead atoms. The van der Waals surface area contributed by atoms with Crippen molar-refractivity contribution >= 4 is 6.48 Å². The molecule has 0 nitrogen and oxygen atoms in total. The Morgan fingerprint density at radius 3 is 1.82 bits per heavy atom. The van der Waals surface area contributed by atoms with Gasteiger partial charge in [0.05, 0.1) is 0 Å². The summed E-state index contributed by atoms with van der Waals surface area (Å²) in [6.45, 7) is 31.2. The molecule has 4 rings (SSSR count). The van der Waals surface area contributed by atoms with Crippen LogP contribution in [0.4, 0.5) is 0 Å². The van der Waals surface area contributed by atoms with Gasteiger partial charge in [-0.25, -0.2) is 0 Å². The van der Waals surface area contributed by atoms with Crippen LogP contribution >= 0.6 is 0 Å². The maximum Gasteiger partial charge on any atom is -1.00 e. The molecular formula is C37H52Cl2Zr. The Kier molecular flexibility index (Phi) is 11.0. The van der Waals surface area contributed by atoms with Crippen molar-refractivity contribution in [2.75, 3.05) is 0 Å². The zero-order valence-corrected chi connectivity index (χ0v) is 31.4. The van der Waals surface area contributed by atoms with E-state index in [0.29, 0.717) is 5.92 Å². The molecule has 1 unspecified atom stereocenters.